The van der Waals surface area contributed by atoms with Gasteiger partial charge in [0, 0.05) is 19.1 Å². The monoisotopic (exact) mass is 302 g/mol. The van der Waals surface area contributed by atoms with E-state index in [2.05, 4.69) is 23.5 Å². The van der Waals surface area contributed by atoms with E-state index in [0.717, 1.165) is 19.5 Å². The molecule has 0 bridgehead atoms. The lowest BCUT2D eigenvalue weighted by Gasteiger charge is -2.20. The second kappa shape index (κ2) is 6.26. The molecule has 114 valence electrons. The van der Waals surface area contributed by atoms with Crippen molar-refractivity contribution >= 4 is 10.0 Å². The van der Waals surface area contributed by atoms with E-state index in [1.165, 1.54) is 12.1 Å². The summed E-state index contributed by atoms with van der Waals surface area (Å²) in [6.45, 7) is 6.33. The molecule has 0 radical (unpaired) electrons. The molecule has 0 saturated carbocycles. The van der Waals surface area contributed by atoms with Crippen LogP contribution in [0.15, 0.2) is 21.6 Å². The van der Waals surface area contributed by atoms with Gasteiger partial charge >= 0.3 is 0 Å². The molecule has 1 unspecified atom stereocenters. The summed E-state index contributed by atoms with van der Waals surface area (Å²) in [5, 5.41) is 8.75. The highest BCUT2D eigenvalue weighted by atomic mass is 32.2. The SMILES string of the molecule is CC(C)N1CCC(CNS(=O)(=O)c2ccc(CO)o2)C1. The number of aliphatic hydroxyl groups excluding tert-OH is 1. The van der Waals surface area contributed by atoms with E-state index in [0.29, 0.717) is 18.5 Å². The Morgan fingerprint density at radius 1 is 1.50 bits per heavy atom. The van der Waals surface area contributed by atoms with Gasteiger partial charge in [-0.1, -0.05) is 0 Å². The number of nitrogens with zero attached hydrogens (tertiary/aromatic N) is 1. The van der Waals surface area contributed by atoms with E-state index in [1.807, 2.05) is 0 Å². The molecule has 1 fully saturated rings. The molecule has 20 heavy (non-hydrogen) atoms. The topological polar surface area (TPSA) is 82.8 Å². The van der Waals surface area contributed by atoms with Crippen molar-refractivity contribution in [1.82, 2.24) is 9.62 Å². The van der Waals surface area contributed by atoms with Crippen molar-refractivity contribution in [1.29, 1.82) is 0 Å². The van der Waals surface area contributed by atoms with Crippen molar-refractivity contribution in [2.75, 3.05) is 19.6 Å². The molecular weight excluding hydrogens is 280 g/mol. The summed E-state index contributed by atoms with van der Waals surface area (Å²) in [5.41, 5.74) is 0. The van der Waals surface area contributed by atoms with Crippen LogP contribution in [0.25, 0.3) is 0 Å². The zero-order valence-corrected chi connectivity index (χ0v) is 12.7. The number of hydrogen-bond donors (Lipinski definition) is 2. The minimum atomic E-state index is -3.62. The summed E-state index contributed by atoms with van der Waals surface area (Å²) in [6.07, 6.45) is 1.00. The van der Waals surface area contributed by atoms with Gasteiger partial charge in [0.25, 0.3) is 10.0 Å². The molecule has 0 spiro atoms. The Labute approximate surface area is 119 Å². The van der Waals surface area contributed by atoms with Crippen molar-refractivity contribution in [2.45, 2.75) is 38.0 Å². The highest BCUT2D eigenvalue weighted by Crippen LogP contribution is 2.19. The van der Waals surface area contributed by atoms with Crippen molar-refractivity contribution in [3.63, 3.8) is 0 Å². The Hall–Kier alpha value is -0.890. The molecule has 6 nitrogen and oxygen atoms in total. The molecular formula is C13H22N2O4S. The van der Waals surface area contributed by atoms with Crippen LogP contribution in [0.5, 0.6) is 0 Å². The molecule has 1 atom stereocenters. The predicted octanol–water partition coefficient (Wildman–Crippen LogP) is 0.780. The van der Waals surface area contributed by atoms with Crippen molar-refractivity contribution in [3.05, 3.63) is 17.9 Å². The normalized spacial score (nSPS) is 20.9. The minimum absolute atomic E-state index is 0.139. The van der Waals surface area contributed by atoms with Gasteiger partial charge in [-0.15, -0.1) is 0 Å². The highest BCUT2D eigenvalue weighted by molar-refractivity contribution is 7.89. The smallest absolute Gasteiger partial charge is 0.273 e. The average Bonchev–Trinajstić information content (AvgIpc) is 3.05. The number of aliphatic hydroxyl groups is 1. The predicted molar refractivity (Wildman–Crippen MR) is 74.6 cm³/mol. The van der Waals surface area contributed by atoms with Gasteiger partial charge in [0.05, 0.1) is 0 Å². The molecule has 0 aromatic carbocycles. The first-order valence-corrected chi connectivity index (χ1v) is 8.34. The van der Waals surface area contributed by atoms with Crippen LogP contribution in [-0.2, 0) is 16.6 Å². The van der Waals surface area contributed by atoms with Crippen LogP contribution in [0.2, 0.25) is 0 Å². The average molecular weight is 302 g/mol. The van der Waals surface area contributed by atoms with Gasteiger partial charge in [0.2, 0.25) is 5.09 Å². The second-order valence-corrected chi connectivity index (χ2v) is 7.17. The molecule has 2 N–H and O–H groups in total. The first kappa shape index (κ1) is 15.5. The van der Waals surface area contributed by atoms with Crippen LogP contribution >= 0.6 is 0 Å². The zero-order chi connectivity index (χ0) is 14.8. The lowest BCUT2D eigenvalue weighted by Crippen LogP contribution is -2.32. The fourth-order valence-electron chi connectivity index (χ4n) is 2.38. The lowest BCUT2D eigenvalue weighted by molar-refractivity contribution is 0.236. The fourth-order valence-corrected chi connectivity index (χ4v) is 3.45. The largest absolute Gasteiger partial charge is 0.446 e. The molecule has 2 heterocycles. The molecule has 0 aliphatic carbocycles. The summed E-state index contributed by atoms with van der Waals surface area (Å²) in [5.74, 6) is 0.580. The van der Waals surface area contributed by atoms with Gasteiger partial charge in [0.1, 0.15) is 12.4 Å². The molecule has 2 rings (SSSR count). The molecule has 7 heteroatoms. The second-order valence-electron chi connectivity index (χ2n) is 5.47. The summed E-state index contributed by atoms with van der Waals surface area (Å²) < 4.78 is 31.7. The summed E-state index contributed by atoms with van der Waals surface area (Å²) >= 11 is 0. The Morgan fingerprint density at radius 3 is 2.80 bits per heavy atom. The van der Waals surface area contributed by atoms with Crippen LogP contribution in [-0.4, -0.2) is 44.1 Å². The molecule has 1 aromatic heterocycles. The molecule has 1 aromatic rings. The van der Waals surface area contributed by atoms with Gasteiger partial charge < -0.3 is 14.4 Å². The summed E-state index contributed by atoms with van der Waals surface area (Å²) in [7, 11) is -3.62. The molecule has 0 amide bonds. The fraction of sp³-hybridized carbons (Fsp3) is 0.692. The Balaban J connectivity index is 1.90. The Bertz CT molecular complexity index is 538. The van der Waals surface area contributed by atoms with Crippen LogP contribution in [0.1, 0.15) is 26.0 Å². The van der Waals surface area contributed by atoms with Crippen molar-refractivity contribution in [2.24, 2.45) is 5.92 Å². The number of likely N-dealkylation sites (tertiary alicyclic amines) is 1. The standard InChI is InChI=1S/C13H22N2O4S/c1-10(2)15-6-5-11(8-15)7-14-20(17,18)13-4-3-12(9-16)19-13/h3-4,10-11,14,16H,5-9H2,1-2H3. The number of hydrogen-bond acceptors (Lipinski definition) is 5. The summed E-state index contributed by atoms with van der Waals surface area (Å²) in [4.78, 5) is 2.34. The van der Waals surface area contributed by atoms with Gasteiger partial charge in [-0.05, 0) is 44.9 Å². The number of sulfonamides is 1. The van der Waals surface area contributed by atoms with Crippen LogP contribution in [0, 0.1) is 5.92 Å². The Kier molecular flexibility index (Phi) is 4.85. The number of rotatable bonds is 6. The van der Waals surface area contributed by atoms with E-state index >= 15 is 0 Å². The minimum Gasteiger partial charge on any atom is -0.446 e. The van der Waals surface area contributed by atoms with Gasteiger partial charge in [-0.25, -0.2) is 13.1 Å². The molecule has 1 aliphatic rings. The van der Waals surface area contributed by atoms with E-state index in [1.54, 1.807) is 0 Å². The highest BCUT2D eigenvalue weighted by Gasteiger charge is 2.26. The number of furan rings is 1. The van der Waals surface area contributed by atoms with E-state index in [9.17, 15) is 8.42 Å². The van der Waals surface area contributed by atoms with E-state index in [4.69, 9.17) is 9.52 Å². The molecule has 1 saturated heterocycles. The maximum absolute atomic E-state index is 12.0. The third-order valence-corrected chi connectivity index (χ3v) is 4.96. The van der Waals surface area contributed by atoms with Crippen LogP contribution in [0.3, 0.4) is 0 Å². The number of nitrogens with one attached hydrogen (secondary N) is 1. The van der Waals surface area contributed by atoms with E-state index in [-0.39, 0.29) is 17.5 Å². The van der Waals surface area contributed by atoms with Gasteiger partial charge in [-0.3, -0.25) is 0 Å². The van der Waals surface area contributed by atoms with Gasteiger partial charge in [0.15, 0.2) is 0 Å². The third-order valence-electron chi connectivity index (χ3n) is 3.67. The Morgan fingerprint density at radius 2 is 2.25 bits per heavy atom. The van der Waals surface area contributed by atoms with Crippen molar-refractivity contribution in [3.8, 4) is 0 Å². The maximum atomic E-state index is 12.0. The lowest BCUT2D eigenvalue weighted by atomic mass is 10.1. The van der Waals surface area contributed by atoms with Crippen LogP contribution in [0.4, 0.5) is 0 Å². The summed E-state index contributed by atoms with van der Waals surface area (Å²) in [6, 6.07) is 3.32. The zero-order valence-electron chi connectivity index (χ0n) is 11.9. The maximum Gasteiger partial charge on any atom is 0.273 e. The van der Waals surface area contributed by atoms with E-state index < -0.39 is 10.0 Å². The molecule has 1 aliphatic heterocycles. The van der Waals surface area contributed by atoms with Crippen molar-refractivity contribution < 1.29 is 17.9 Å². The third kappa shape index (κ3) is 3.60. The van der Waals surface area contributed by atoms with Gasteiger partial charge in [-0.2, -0.15) is 0 Å². The quantitative estimate of drug-likeness (QED) is 0.811. The first-order chi connectivity index (χ1) is 9.42. The van der Waals surface area contributed by atoms with Crippen LogP contribution < -0.4 is 4.72 Å². The first-order valence-electron chi connectivity index (χ1n) is 6.85.